The van der Waals surface area contributed by atoms with Crippen molar-refractivity contribution in [1.82, 2.24) is 5.32 Å². The van der Waals surface area contributed by atoms with Crippen molar-refractivity contribution in [2.75, 3.05) is 18.1 Å². The van der Waals surface area contributed by atoms with E-state index in [2.05, 4.69) is 5.32 Å². The Bertz CT molecular complexity index is 648. The first kappa shape index (κ1) is 15.2. The third kappa shape index (κ3) is 3.46. The fraction of sp³-hybridized carbons (Fsp3) is 0.417. The van der Waals surface area contributed by atoms with Gasteiger partial charge < -0.3 is 5.32 Å². The molecule has 1 aliphatic heterocycles. The van der Waals surface area contributed by atoms with Crippen LogP contribution in [0.5, 0.6) is 0 Å². The maximum absolute atomic E-state index is 13.1. The molecule has 1 fully saturated rings. The van der Waals surface area contributed by atoms with Gasteiger partial charge in [0.2, 0.25) is 0 Å². The van der Waals surface area contributed by atoms with E-state index in [1.54, 1.807) is 0 Å². The van der Waals surface area contributed by atoms with Crippen molar-refractivity contribution >= 4 is 27.3 Å². The highest BCUT2D eigenvalue weighted by atomic mass is 35.5. The summed E-state index contributed by atoms with van der Waals surface area (Å²) >= 11 is 5.67. The van der Waals surface area contributed by atoms with E-state index in [1.807, 2.05) is 0 Å². The van der Waals surface area contributed by atoms with E-state index in [0.29, 0.717) is 6.42 Å². The average Bonchev–Trinajstić information content (AvgIpc) is 2.70. The first-order valence-corrected chi connectivity index (χ1v) is 8.11. The zero-order chi connectivity index (χ0) is 14.9. The molecule has 1 saturated heterocycles. The topological polar surface area (TPSA) is 63.2 Å². The van der Waals surface area contributed by atoms with Crippen LogP contribution in [0.1, 0.15) is 16.8 Å². The minimum absolute atomic E-state index is 0.0266. The summed E-state index contributed by atoms with van der Waals surface area (Å²) in [4.78, 5) is 11.8. The number of hydrogen-bond acceptors (Lipinski definition) is 3. The monoisotopic (exact) mass is 323 g/mol. The van der Waals surface area contributed by atoms with Gasteiger partial charge in [0.25, 0.3) is 5.91 Å². The molecule has 0 bridgehead atoms. The number of halogens is 3. The van der Waals surface area contributed by atoms with Gasteiger partial charge in [0.1, 0.15) is 0 Å². The standard InChI is InChI=1S/C12H12ClF2NO3S/c13-9-4-11(15)10(14)3-8(9)12(17)16-5-7-1-2-20(18,19)6-7/h3-4,7H,1-2,5-6H2,(H,16,17)/t7-/m1/s1. The summed E-state index contributed by atoms with van der Waals surface area (Å²) in [5.74, 6) is -2.97. The molecule has 2 rings (SSSR count). The Morgan fingerprint density at radius 1 is 1.35 bits per heavy atom. The lowest BCUT2D eigenvalue weighted by atomic mass is 10.1. The van der Waals surface area contributed by atoms with E-state index in [4.69, 9.17) is 11.6 Å². The van der Waals surface area contributed by atoms with Crippen molar-refractivity contribution in [2.45, 2.75) is 6.42 Å². The Kier molecular flexibility index (Phi) is 4.29. The van der Waals surface area contributed by atoms with Crippen LogP contribution in [0.3, 0.4) is 0 Å². The summed E-state index contributed by atoms with van der Waals surface area (Å²) in [6, 6.07) is 1.45. The Hall–Kier alpha value is -1.21. The lowest BCUT2D eigenvalue weighted by Crippen LogP contribution is -2.30. The normalized spacial score (nSPS) is 20.9. The number of rotatable bonds is 3. The first-order valence-electron chi connectivity index (χ1n) is 5.91. The third-order valence-electron chi connectivity index (χ3n) is 3.13. The predicted molar refractivity (Wildman–Crippen MR) is 70.5 cm³/mol. The highest BCUT2D eigenvalue weighted by Gasteiger charge is 2.28. The molecule has 110 valence electrons. The Morgan fingerprint density at radius 3 is 2.60 bits per heavy atom. The Labute approximate surface area is 120 Å². The van der Waals surface area contributed by atoms with Crippen LogP contribution in [-0.2, 0) is 9.84 Å². The molecule has 0 radical (unpaired) electrons. The van der Waals surface area contributed by atoms with Crippen LogP contribution in [0.25, 0.3) is 0 Å². The number of hydrogen-bond donors (Lipinski definition) is 1. The van der Waals surface area contributed by atoms with Gasteiger partial charge in [-0.25, -0.2) is 17.2 Å². The van der Waals surface area contributed by atoms with Crippen LogP contribution < -0.4 is 5.32 Å². The van der Waals surface area contributed by atoms with Crippen molar-refractivity contribution in [2.24, 2.45) is 5.92 Å². The molecule has 8 heteroatoms. The van der Waals surface area contributed by atoms with Crippen LogP contribution >= 0.6 is 11.6 Å². The second-order valence-electron chi connectivity index (χ2n) is 4.73. The van der Waals surface area contributed by atoms with Crippen LogP contribution in [0, 0.1) is 17.6 Å². The van der Waals surface area contributed by atoms with Crippen molar-refractivity contribution < 1.29 is 22.0 Å². The summed E-state index contributed by atoms with van der Waals surface area (Å²) in [5, 5.41) is 2.30. The molecule has 1 amide bonds. The van der Waals surface area contributed by atoms with Crippen LogP contribution in [0.2, 0.25) is 5.02 Å². The van der Waals surface area contributed by atoms with Gasteiger partial charge in [-0.05, 0) is 24.5 Å². The smallest absolute Gasteiger partial charge is 0.252 e. The van der Waals surface area contributed by atoms with E-state index in [9.17, 15) is 22.0 Å². The minimum atomic E-state index is -3.02. The van der Waals surface area contributed by atoms with E-state index < -0.39 is 27.4 Å². The Morgan fingerprint density at radius 2 is 2.00 bits per heavy atom. The molecule has 4 nitrogen and oxygen atoms in total. The second kappa shape index (κ2) is 5.65. The quantitative estimate of drug-likeness (QED) is 0.863. The fourth-order valence-corrected chi connectivity index (χ4v) is 4.16. The maximum atomic E-state index is 13.1. The summed E-state index contributed by atoms with van der Waals surface area (Å²) in [6.07, 6.45) is 0.480. The number of amides is 1. The molecule has 0 unspecified atom stereocenters. The largest absolute Gasteiger partial charge is 0.352 e. The summed E-state index contributed by atoms with van der Waals surface area (Å²) in [5.41, 5.74) is -0.175. The molecule has 0 aromatic heterocycles. The predicted octanol–water partition coefficient (Wildman–Crippen LogP) is 1.78. The van der Waals surface area contributed by atoms with Gasteiger partial charge in [-0.2, -0.15) is 0 Å². The van der Waals surface area contributed by atoms with Gasteiger partial charge in [-0.3, -0.25) is 4.79 Å². The van der Waals surface area contributed by atoms with Gasteiger partial charge in [0.05, 0.1) is 22.1 Å². The molecular weight excluding hydrogens is 312 g/mol. The third-order valence-corrected chi connectivity index (χ3v) is 5.28. The number of benzene rings is 1. The molecule has 1 aromatic carbocycles. The van der Waals surface area contributed by atoms with Crippen molar-refractivity contribution in [1.29, 1.82) is 0 Å². The average molecular weight is 324 g/mol. The SMILES string of the molecule is O=C(NC[C@H]1CCS(=O)(=O)C1)c1cc(F)c(F)cc1Cl. The number of nitrogens with one attached hydrogen (secondary N) is 1. The number of carbonyl (C=O) groups is 1. The molecule has 0 saturated carbocycles. The van der Waals surface area contributed by atoms with Crippen LogP contribution in [0.4, 0.5) is 8.78 Å². The van der Waals surface area contributed by atoms with Gasteiger partial charge in [-0.1, -0.05) is 11.6 Å². The Balaban J connectivity index is 2.01. The van der Waals surface area contributed by atoms with Crippen molar-refractivity contribution in [3.8, 4) is 0 Å². The summed E-state index contributed by atoms with van der Waals surface area (Å²) in [6.45, 7) is 0.160. The number of carbonyl (C=O) groups excluding carboxylic acids is 1. The lowest BCUT2D eigenvalue weighted by Gasteiger charge is -2.10. The zero-order valence-corrected chi connectivity index (χ0v) is 11.9. The molecule has 1 atom stereocenters. The van der Waals surface area contributed by atoms with E-state index >= 15 is 0 Å². The van der Waals surface area contributed by atoms with Gasteiger partial charge >= 0.3 is 0 Å². The van der Waals surface area contributed by atoms with Crippen LogP contribution in [-0.4, -0.2) is 32.4 Å². The molecule has 0 spiro atoms. The molecule has 1 aromatic rings. The van der Waals surface area contributed by atoms with Gasteiger partial charge in [0.15, 0.2) is 21.5 Å². The van der Waals surface area contributed by atoms with E-state index in [-0.39, 0.29) is 34.6 Å². The van der Waals surface area contributed by atoms with Gasteiger partial charge in [0, 0.05) is 6.54 Å². The highest BCUT2D eigenvalue weighted by molar-refractivity contribution is 7.91. The minimum Gasteiger partial charge on any atom is -0.352 e. The molecule has 20 heavy (non-hydrogen) atoms. The lowest BCUT2D eigenvalue weighted by molar-refractivity contribution is 0.0948. The van der Waals surface area contributed by atoms with Crippen molar-refractivity contribution in [3.05, 3.63) is 34.4 Å². The summed E-state index contributed by atoms with van der Waals surface area (Å²) < 4.78 is 48.5. The van der Waals surface area contributed by atoms with Crippen molar-refractivity contribution in [3.63, 3.8) is 0 Å². The van der Waals surface area contributed by atoms with Crippen LogP contribution in [0.15, 0.2) is 12.1 Å². The molecule has 1 N–H and O–H groups in total. The molecule has 0 aliphatic carbocycles. The molecular formula is C12H12ClF2NO3S. The fourth-order valence-electron chi connectivity index (χ4n) is 2.06. The molecule has 1 aliphatic rings. The zero-order valence-electron chi connectivity index (χ0n) is 10.3. The molecule has 1 heterocycles. The summed E-state index contributed by atoms with van der Waals surface area (Å²) in [7, 11) is -3.02. The second-order valence-corrected chi connectivity index (χ2v) is 7.36. The van der Waals surface area contributed by atoms with E-state index in [0.717, 1.165) is 12.1 Å². The highest BCUT2D eigenvalue weighted by Crippen LogP contribution is 2.21. The maximum Gasteiger partial charge on any atom is 0.252 e. The van der Waals surface area contributed by atoms with E-state index in [1.165, 1.54) is 0 Å². The number of sulfone groups is 1. The first-order chi connectivity index (χ1) is 9.28. The van der Waals surface area contributed by atoms with Gasteiger partial charge in [-0.15, -0.1) is 0 Å².